The number of amides is 1. The van der Waals surface area contributed by atoms with Gasteiger partial charge in [-0.3, -0.25) is 9.59 Å². The molecular formula is C15H25NO3. The first-order valence-electron chi connectivity index (χ1n) is 6.65. The fraction of sp³-hybridized carbons (Fsp3) is 0.733. The Morgan fingerprint density at radius 2 is 1.53 bits per heavy atom. The van der Waals surface area contributed by atoms with Crippen molar-refractivity contribution in [1.29, 1.82) is 0 Å². The van der Waals surface area contributed by atoms with E-state index in [0.717, 1.165) is 0 Å². The number of rotatable bonds is 2. The maximum atomic E-state index is 12.4. The van der Waals surface area contributed by atoms with Crippen LogP contribution in [-0.4, -0.2) is 34.0 Å². The number of nitrogens with zero attached hydrogens (tertiary/aromatic N) is 1. The Bertz CT molecular complexity index is 392. The molecule has 108 valence electrons. The number of likely N-dealkylation sites (tertiary alicyclic amines) is 1. The van der Waals surface area contributed by atoms with Crippen LogP contribution >= 0.6 is 0 Å². The molecular weight excluding hydrogens is 242 g/mol. The first kappa shape index (κ1) is 15.7. The molecule has 0 bridgehead atoms. The summed E-state index contributed by atoms with van der Waals surface area (Å²) < 4.78 is 5.35. The van der Waals surface area contributed by atoms with E-state index < -0.39 is 0 Å². The van der Waals surface area contributed by atoms with Gasteiger partial charge in [-0.05, 0) is 34.6 Å². The van der Waals surface area contributed by atoms with Gasteiger partial charge in [-0.2, -0.15) is 0 Å². The minimum absolute atomic E-state index is 0.0312. The quantitative estimate of drug-likeness (QED) is 0.571. The smallest absolute Gasteiger partial charge is 0.302 e. The lowest BCUT2D eigenvalue weighted by Gasteiger charge is -2.54. The highest BCUT2D eigenvalue weighted by molar-refractivity contribution is 5.93. The standard InChI is InChI=1S/C15H25NO3/c1-10(2)13(18)16-14(4,5)8-12(19-11(3)17)9-15(16,6)7/h12H,1,8-9H2,2-7H3. The highest BCUT2D eigenvalue weighted by atomic mass is 16.5. The fourth-order valence-electron chi connectivity index (χ4n) is 3.25. The first-order valence-corrected chi connectivity index (χ1v) is 6.65. The number of carbonyl (C=O) groups excluding carboxylic acids is 2. The molecule has 0 unspecified atom stereocenters. The van der Waals surface area contributed by atoms with E-state index in [1.807, 2.05) is 32.6 Å². The maximum Gasteiger partial charge on any atom is 0.302 e. The van der Waals surface area contributed by atoms with Crippen molar-refractivity contribution in [2.24, 2.45) is 0 Å². The van der Waals surface area contributed by atoms with Crippen molar-refractivity contribution in [1.82, 2.24) is 4.90 Å². The summed E-state index contributed by atoms with van der Waals surface area (Å²) in [6.45, 7) is 14.9. The molecule has 0 aromatic heterocycles. The van der Waals surface area contributed by atoms with Gasteiger partial charge in [0.1, 0.15) is 6.10 Å². The lowest BCUT2D eigenvalue weighted by Crippen LogP contribution is -2.64. The van der Waals surface area contributed by atoms with Crippen LogP contribution in [0.3, 0.4) is 0 Å². The van der Waals surface area contributed by atoms with Gasteiger partial charge in [-0.15, -0.1) is 0 Å². The molecule has 0 radical (unpaired) electrons. The third kappa shape index (κ3) is 3.37. The van der Waals surface area contributed by atoms with E-state index in [0.29, 0.717) is 18.4 Å². The molecule has 1 rings (SSSR count). The van der Waals surface area contributed by atoms with Crippen molar-refractivity contribution >= 4 is 11.9 Å². The van der Waals surface area contributed by atoms with Gasteiger partial charge in [0.2, 0.25) is 5.91 Å². The summed E-state index contributed by atoms with van der Waals surface area (Å²) in [5.74, 6) is -0.299. The molecule has 0 aliphatic carbocycles. The van der Waals surface area contributed by atoms with Crippen LogP contribution in [0.5, 0.6) is 0 Å². The van der Waals surface area contributed by atoms with Gasteiger partial charge in [0.15, 0.2) is 0 Å². The highest BCUT2D eigenvalue weighted by Crippen LogP contribution is 2.40. The predicted molar refractivity (Wildman–Crippen MR) is 74.6 cm³/mol. The van der Waals surface area contributed by atoms with Crippen LogP contribution in [0.2, 0.25) is 0 Å². The third-order valence-corrected chi connectivity index (χ3v) is 3.57. The first-order chi connectivity index (χ1) is 8.47. The van der Waals surface area contributed by atoms with E-state index >= 15 is 0 Å². The molecule has 1 aliphatic rings. The Balaban J connectivity index is 3.05. The Kier molecular flexibility index (Phi) is 4.13. The molecule has 0 aromatic rings. The normalized spacial score (nSPS) is 21.9. The van der Waals surface area contributed by atoms with Crippen LogP contribution in [0, 0.1) is 0 Å². The molecule has 0 aromatic carbocycles. The van der Waals surface area contributed by atoms with Gasteiger partial charge < -0.3 is 9.64 Å². The molecule has 1 aliphatic heterocycles. The van der Waals surface area contributed by atoms with Crippen molar-refractivity contribution in [2.45, 2.75) is 71.6 Å². The minimum Gasteiger partial charge on any atom is -0.462 e. The molecule has 0 N–H and O–H groups in total. The summed E-state index contributed by atoms with van der Waals surface area (Å²) in [5.41, 5.74) is -0.192. The monoisotopic (exact) mass is 267 g/mol. The van der Waals surface area contributed by atoms with Crippen LogP contribution in [0.15, 0.2) is 12.2 Å². The fourth-order valence-corrected chi connectivity index (χ4v) is 3.25. The van der Waals surface area contributed by atoms with Gasteiger partial charge in [0, 0.05) is 36.4 Å². The zero-order valence-electron chi connectivity index (χ0n) is 12.9. The van der Waals surface area contributed by atoms with Crippen LogP contribution in [0.1, 0.15) is 54.4 Å². The second kappa shape index (κ2) is 4.99. The Hall–Kier alpha value is -1.32. The Morgan fingerprint density at radius 1 is 1.11 bits per heavy atom. The second-order valence-corrected chi connectivity index (χ2v) is 6.69. The van der Waals surface area contributed by atoms with E-state index in [9.17, 15) is 9.59 Å². The van der Waals surface area contributed by atoms with Crippen molar-refractivity contribution in [3.63, 3.8) is 0 Å². The maximum absolute atomic E-state index is 12.4. The van der Waals surface area contributed by atoms with E-state index in [4.69, 9.17) is 4.74 Å². The predicted octanol–water partition coefficient (Wildman–Crippen LogP) is 2.67. The number of hydrogen-bond acceptors (Lipinski definition) is 3. The topological polar surface area (TPSA) is 46.6 Å². The summed E-state index contributed by atoms with van der Waals surface area (Å²) >= 11 is 0. The highest BCUT2D eigenvalue weighted by Gasteiger charge is 2.48. The molecule has 0 saturated carbocycles. The van der Waals surface area contributed by atoms with Crippen molar-refractivity contribution < 1.29 is 14.3 Å². The Labute approximate surface area is 115 Å². The van der Waals surface area contributed by atoms with E-state index in [2.05, 4.69) is 6.58 Å². The molecule has 19 heavy (non-hydrogen) atoms. The molecule has 4 heteroatoms. The number of esters is 1. The third-order valence-electron chi connectivity index (χ3n) is 3.57. The summed E-state index contributed by atoms with van der Waals surface area (Å²) in [6, 6.07) is 0. The zero-order chi connectivity index (χ0) is 15.0. The molecule has 1 amide bonds. The van der Waals surface area contributed by atoms with E-state index in [-0.39, 0.29) is 29.1 Å². The van der Waals surface area contributed by atoms with Crippen LogP contribution in [0.4, 0.5) is 0 Å². The summed E-state index contributed by atoms with van der Waals surface area (Å²) in [6.07, 6.45) is 1.15. The SMILES string of the molecule is C=C(C)C(=O)N1C(C)(C)CC(OC(C)=O)CC1(C)C. The van der Waals surface area contributed by atoms with Gasteiger partial charge >= 0.3 is 5.97 Å². The van der Waals surface area contributed by atoms with Gasteiger partial charge in [0.05, 0.1) is 0 Å². The summed E-state index contributed by atoms with van der Waals surface area (Å²) in [4.78, 5) is 25.4. The molecule has 0 spiro atoms. The minimum atomic E-state index is -0.363. The van der Waals surface area contributed by atoms with E-state index in [1.54, 1.807) is 6.92 Å². The van der Waals surface area contributed by atoms with Gasteiger partial charge in [0.25, 0.3) is 0 Å². The number of ether oxygens (including phenoxy) is 1. The molecule has 1 fully saturated rings. The molecule has 1 heterocycles. The number of hydrogen-bond donors (Lipinski definition) is 0. The zero-order valence-corrected chi connectivity index (χ0v) is 12.9. The summed E-state index contributed by atoms with van der Waals surface area (Å²) in [7, 11) is 0. The molecule has 0 atom stereocenters. The lowest BCUT2D eigenvalue weighted by molar-refractivity contribution is -0.164. The lowest BCUT2D eigenvalue weighted by atomic mass is 9.77. The van der Waals surface area contributed by atoms with Crippen LogP contribution < -0.4 is 0 Å². The van der Waals surface area contributed by atoms with E-state index in [1.165, 1.54) is 6.92 Å². The van der Waals surface area contributed by atoms with Gasteiger partial charge in [-0.25, -0.2) is 0 Å². The second-order valence-electron chi connectivity index (χ2n) is 6.69. The van der Waals surface area contributed by atoms with Gasteiger partial charge in [-0.1, -0.05) is 6.58 Å². The Morgan fingerprint density at radius 3 is 1.84 bits per heavy atom. The van der Waals surface area contributed by atoms with Crippen LogP contribution in [-0.2, 0) is 14.3 Å². The van der Waals surface area contributed by atoms with Crippen LogP contribution in [0.25, 0.3) is 0 Å². The summed E-state index contributed by atoms with van der Waals surface area (Å²) in [5, 5.41) is 0. The average molecular weight is 267 g/mol. The molecule has 4 nitrogen and oxygen atoms in total. The largest absolute Gasteiger partial charge is 0.462 e. The van der Waals surface area contributed by atoms with Crippen molar-refractivity contribution in [2.75, 3.05) is 0 Å². The number of carbonyl (C=O) groups is 2. The van der Waals surface area contributed by atoms with Crippen molar-refractivity contribution in [3.8, 4) is 0 Å². The molecule has 1 saturated heterocycles. The van der Waals surface area contributed by atoms with Crippen molar-refractivity contribution in [3.05, 3.63) is 12.2 Å². The average Bonchev–Trinajstić information content (AvgIpc) is 2.11. The number of piperidine rings is 1.